The van der Waals surface area contributed by atoms with Gasteiger partial charge in [-0.25, -0.2) is 4.79 Å². The molecule has 0 aromatic heterocycles. The van der Waals surface area contributed by atoms with Gasteiger partial charge in [0.2, 0.25) is 0 Å². The first-order chi connectivity index (χ1) is 10.1. The fraction of sp³-hybridized carbons (Fsp3) is 0.118. The Morgan fingerprint density at radius 3 is 2.24 bits per heavy atom. The van der Waals surface area contributed by atoms with E-state index in [0.29, 0.717) is 11.3 Å². The molecule has 0 saturated carbocycles. The molecule has 0 radical (unpaired) electrons. The lowest BCUT2D eigenvalue weighted by Gasteiger charge is -2.13. The van der Waals surface area contributed by atoms with Crippen LogP contribution in [-0.2, 0) is 4.74 Å². The summed E-state index contributed by atoms with van der Waals surface area (Å²) in [7, 11) is 4.00. The highest BCUT2D eigenvalue weighted by Crippen LogP contribution is 2.38. The molecule has 0 atom stereocenters. The lowest BCUT2D eigenvalue weighted by Crippen LogP contribution is -2.08. The highest BCUT2D eigenvalue weighted by atomic mass is 79.9. The van der Waals surface area contributed by atoms with Gasteiger partial charge in [-0.05, 0) is 39.7 Å². The van der Waals surface area contributed by atoms with Crippen molar-refractivity contribution in [3.05, 3.63) is 65.2 Å². The minimum Gasteiger partial charge on any atom is -0.421 e. The van der Waals surface area contributed by atoms with Crippen LogP contribution in [0.25, 0.3) is 10.2 Å². The van der Waals surface area contributed by atoms with Crippen molar-refractivity contribution in [1.29, 1.82) is 0 Å². The lowest BCUT2D eigenvalue weighted by atomic mass is 10.1. The molecule has 0 bridgehead atoms. The molecule has 3 nitrogen and oxygen atoms in total. The van der Waals surface area contributed by atoms with Crippen molar-refractivity contribution in [2.24, 2.45) is 0 Å². The van der Waals surface area contributed by atoms with Gasteiger partial charge in [-0.2, -0.15) is 0 Å². The number of rotatable bonds is 2. The van der Waals surface area contributed by atoms with E-state index in [0.717, 1.165) is 21.3 Å². The van der Waals surface area contributed by atoms with E-state index in [2.05, 4.69) is 15.9 Å². The number of cyclic esters (lactones) is 1. The molecule has 2 aromatic carbocycles. The molecule has 0 N–H and O–H groups in total. The quantitative estimate of drug-likeness (QED) is 0.767. The Morgan fingerprint density at radius 2 is 1.62 bits per heavy atom. The van der Waals surface area contributed by atoms with E-state index < -0.39 is 0 Å². The van der Waals surface area contributed by atoms with Crippen LogP contribution in [0.4, 0.5) is 5.69 Å². The summed E-state index contributed by atoms with van der Waals surface area (Å²) in [5, 5.41) is 0. The highest BCUT2D eigenvalue weighted by Gasteiger charge is 2.28. The second kappa shape index (κ2) is 5.37. The van der Waals surface area contributed by atoms with Crippen LogP contribution in [0.3, 0.4) is 0 Å². The molecule has 0 amide bonds. The Morgan fingerprint density at radius 1 is 1.00 bits per heavy atom. The molecule has 4 heteroatoms. The number of fused-ring (bicyclic) bond motifs is 1. The predicted octanol–water partition coefficient (Wildman–Crippen LogP) is 4.14. The van der Waals surface area contributed by atoms with Crippen LogP contribution in [0.15, 0.2) is 48.5 Å². The number of carbonyl (C=O) groups is 1. The minimum absolute atomic E-state index is 0.303. The number of hydrogen-bond acceptors (Lipinski definition) is 3. The Balaban J connectivity index is 2.05. The molecular formula is C17H14BrNO2. The van der Waals surface area contributed by atoms with Crippen LogP contribution in [0.1, 0.15) is 21.5 Å². The van der Waals surface area contributed by atoms with E-state index in [1.165, 1.54) is 0 Å². The molecule has 0 saturated heterocycles. The standard InChI is InChI=1S/C17H14BrNO2/c1-19(2)12-9-7-11(8-10-12)15(18)16-13-5-3-4-6-14(13)17(20)21-16/h3-10H,1-2H3. The zero-order chi connectivity index (χ0) is 15.0. The molecule has 106 valence electrons. The SMILES string of the molecule is CN(C)c1ccc(C(Br)=C2OC(=O)c3ccccc32)cc1. The molecule has 21 heavy (non-hydrogen) atoms. The monoisotopic (exact) mass is 343 g/mol. The van der Waals surface area contributed by atoms with E-state index in [-0.39, 0.29) is 5.97 Å². The van der Waals surface area contributed by atoms with Crippen LogP contribution >= 0.6 is 15.9 Å². The third kappa shape index (κ3) is 2.47. The zero-order valence-corrected chi connectivity index (χ0v) is 13.3. The zero-order valence-electron chi connectivity index (χ0n) is 11.8. The van der Waals surface area contributed by atoms with Crippen LogP contribution in [0.2, 0.25) is 0 Å². The van der Waals surface area contributed by atoms with Crippen molar-refractivity contribution in [3.8, 4) is 0 Å². The van der Waals surface area contributed by atoms with Crippen molar-refractivity contribution in [2.75, 3.05) is 19.0 Å². The van der Waals surface area contributed by atoms with E-state index in [9.17, 15) is 4.79 Å². The second-order valence-corrected chi connectivity index (χ2v) is 5.81. The topological polar surface area (TPSA) is 29.5 Å². The van der Waals surface area contributed by atoms with Crippen molar-refractivity contribution >= 4 is 37.8 Å². The largest absolute Gasteiger partial charge is 0.421 e. The normalized spacial score (nSPS) is 15.5. The van der Waals surface area contributed by atoms with Gasteiger partial charge < -0.3 is 9.64 Å². The van der Waals surface area contributed by atoms with Crippen LogP contribution < -0.4 is 4.90 Å². The summed E-state index contributed by atoms with van der Waals surface area (Å²) >= 11 is 3.56. The van der Waals surface area contributed by atoms with Crippen molar-refractivity contribution in [2.45, 2.75) is 0 Å². The molecule has 1 heterocycles. The molecular weight excluding hydrogens is 330 g/mol. The average molecular weight is 344 g/mol. The maximum Gasteiger partial charge on any atom is 0.344 e. The van der Waals surface area contributed by atoms with E-state index in [4.69, 9.17) is 4.74 Å². The van der Waals surface area contributed by atoms with Crippen LogP contribution in [0, 0.1) is 0 Å². The Hall–Kier alpha value is -2.07. The van der Waals surface area contributed by atoms with Gasteiger partial charge in [0.25, 0.3) is 0 Å². The number of esters is 1. The summed E-state index contributed by atoms with van der Waals surface area (Å²) in [5.41, 5.74) is 3.52. The van der Waals surface area contributed by atoms with Gasteiger partial charge in [0, 0.05) is 25.3 Å². The first kappa shape index (κ1) is 13.9. The fourth-order valence-corrected chi connectivity index (χ4v) is 2.82. The van der Waals surface area contributed by atoms with Crippen LogP contribution in [-0.4, -0.2) is 20.1 Å². The maximum absolute atomic E-state index is 11.9. The summed E-state index contributed by atoms with van der Waals surface area (Å²) in [5.74, 6) is 0.274. The first-order valence-corrected chi connectivity index (χ1v) is 7.36. The number of hydrogen-bond donors (Lipinski definition) is 0. The number of ether oxygens (including phenoxy) is 1. The molecule has 0 fully saturated rings. The predicted molar refractivity (Wildman–Crippen MR) is 88.4 cm³/mol. The van der Waals surface area contributed by atoms with E-state index in [1.807, 2.05) is 61.5 Å². The van der Waals surface area contributed by atoms with Crippen molar-refractivity contribution in [3.63, 3.8) is 0 Å². The van der Waals surface area contributed by atoms with Gasteiger partial charge in [0.05, 0.1) is 10.0 Å². The molecule has 1 aliphatic heterocycles. The van der Waals surface area contributed by atoms with Gasteiger partial charge in [-0.1, -0.05) is 30.3 Å². The third-order valence-corrected chi connectivity index (χ3v) is 4.24. The van der Waals surface area contributed by atoms with Gasteiger partial charge in [-0.15, -0.1) is 0 Å². The van der Waals surface area contributed by atoms with Crippen LogP contribution in [0.5, 0.6) is 0 Å². The number of benzene rings is 2. The Kier molecular flexibility index (Phi) is 3.55. The van der Waals surface area contributed by atoms with Gasteiger partial charge in [-0.3, -0.25) is 0 Å². The number of carbonyl (C=O) groups excluding carboxylic acids is 1. The van der Waals surface area contributed by atoms with E-state index in [1.54, 1.807) is 6.07 Å². The molecule has 2 aromatic rings. The summed E-state index contributed by atoms with van der Waals surface area (Å²) < 4.78 is 6.19. The molecule has 0 aliphatic carbocycles. The number of halogens is 1. The first-order valence-electron chi connectivity index (χ1n) is 6.57. The van der Waals surface area contributed by atoms with Gasteiger partial charge in [0.1, 0.15) is 0 Å². The maximum atomic E-state index is 11.9. The molecule has 1 aliphatic rings. The summed E-state index contributed by atoms with van der Waals surface area (Å²) in [4.78, 5) is 13.9. The third-order valence-electron chi connectivity index (χ3n) is 3.42. The summed E-state index contributed by atoms with van der Waals surface area (Å²) in [6, 6.07) is 15.5. The summed E-state index contributed by atoms with van der Waals surface area (Å²) in [6.45, 7) is 0. The second-order valence-electron chi connectivity index (χ2n) is 5.02. The number of anilines is 1. The molecule has 3 rings (SSSR count). The van der Waals surface area contributed by atoms with Crippen molar-refractivity contribution in [1.82, 2.24) is 0 Å². The number of nitrogens with zero attached hydrogens (tertiary/aromatic N) is 1. The smallest absolute Gasteiger partial charge is 0.344 e. The molecule has 0 spiro atoms. The molecule has 0 unspecified atom stereocenters. The average Bonchev–Trinajstić information content (AvgIpc) is 2.84. The van der Waals surface area contributed by atoms with Crippen molar-refractivity contribution < 1.29 is 9.53 Å². The lowest BCUT2D eigenvalue weighted by molar-refractivity contribution is 0.0717. The summed E-state index contributed by atoms with van der Waals surface area (Å²) in [6.07, 6.45) is 0. The highest BCUT2D eigenvalue weighted by molar-refractivity contribution is 9.15. The van der Waals surface area contributed by atoms with Gasteiger partial charge >= 0.3 is 5.97 Å². The Bertz CT molecular complexity index is 733. The fourth-order valence-electron chi connectivity index (χ4n) is 2.26. The van der Waals surface area contributed by atoms with Gasteiger partial charge in [0.15, 0.2) is 5.76 Å². The Labute approximate surface area is 132 Å². The minimum atomic E-state index is -0.303. The van der Waals surface area contributed by atoms with E-state index >= 15 is 0 Å².